The summed E-state index contributed by atoms with van der Waals surface area (Å²) in [6.07, 6.45) is 0. The van der Waals surface area contributed by atoms with Gasteiger partial charge in [-0.05, 0) is 34.7 Å². The average Bonchev–Trinajstić information content (AvgIpc) is 2.22. The molecule has 0 saturated carbocycles. The maximum atomic E-state index is 11.7. The molecule has 0 bridgehead atoms. The Kier molecular flexibility index (Phi) is 5.13. The van der Waals surface area contributed by atoms with Crippen LogP contribution in [0.4, 0.5) is 0 Å². The van der Waals surface area contributed by atoms with Gasteiger partial charge in [0, 0.05) is 38.3 Å². The lowest BCUT2D eigenvalue weighted by molar-refractivity contribution is -0.125. The molecule has 5 nitrogen and oxygen atoms in total. The van der Waals surface area contributed by atoms with Crippen molar-refractivity contribution in [1.29, 1.82) is 0 Å². The van der Waals surface area contributed by atoms with E-state index in [9.17, 15) is 4.79 Å². The molecule has 1 aliphatic rings. The highest BCUT2D eigenvalue weighted by atomic mass is 16.1. The maximum absolute atomic E-state index is 11.7. The van der Waals surface area contributed by atoms with Crippen molar-refractivity contribution in [3.05, 3.63) is 0 Å². The van der Waals surface area contributed by atoms with Crippen LogP contribution >= 0.6 is 0 Å². The van der Waals surface area contributed by atoms with E-state index in [4.69, 9.17) is 5.73 Å². The van der Waals surface area contributed by atoms with E-state index < -0.39 is 5.54 Å². The third-order valence-corrected chi connectivity index (χ3v) is 3.73. The molecule has 1 saturated heterocycles. The summed E-state index contributed by atoms with van der Waals surface area (Å²) in [5.41, 5.74) is 4.91. The van der Waals surface area contributed by atoms with Gasteiger partial charge in [0.15, 0.2) is 0 Å². The lowest BCUT2D eigenvalue weighted by Gasteiger charge is -2.42. The van der Waals surface area contributed by atoms with Gasteiger partial charge in [-0.1, -0.05) is 0 Å². The van der Waals surface area contributed by atoms with Crippen molar-refractivity contribution in [3.8, 4) is 0 Å². The van der Waals surface area contributed by atoms with Crippen LogP contribution in [-0.4, -0.2) is 66.6 Å². The third kappa shape index (κ3) is 3.93. The van der Waals surface area contributed by atoms with E-state index in [0.29, 0.717) is 12.6 Å². The molecule has 1 heterocycles. The number of likely N-dealkylation sites (N-methyl/N-ethyl adjacent to an activating group) is 1. The summed E-state index contributed by atoms with van der Waals surface area (Å²) in [5.74, 6) is -0.275. The Hall–Kier alpha value is -0.650. The van der Waals surface area contributed by atoms with E-state index in [2.05, 4.69) is 29.1 Å². The summed E-state index contributed by atoms with van der Waals surface area (Å²) in [5, 5.41) is 3.30. The third-order valence-electron chi connectivity index (χ3n) is 3.73. The molecular weight excluding hydrogens is 228 g/mol. The molecule has 106 valence electrons. The van der Waals surface area contributed by atoms with Gasteiger partial charge in [0.05, 0.1) is 0 Å². The summed E-state index contributed by atoms with van der Waals surface area (Å²) in [6.45, 7) is 11.9. The zero-order valence-corrected chi connectivity index (χ0v) is 12.4. The van der Waals surface area contributed by atoms with Crippen molar-refractivity contribution in [3.63, 3.8) is 0 Å². The molecule has 0 spiro atoms. The molecule has 0 aromatic carbocycles. The van der Waals surface area contributed by atoms with Crippen LogP contribution in [0, 0.1) is 0 Å². The number of primary amides is 1. The average molecular weight is 256 g/mol. The Morgan fingerprint density at radius 1 is 1.50 bits per heavy atom. The van der Waals surface area contributed by atoms with E-state index in [1.165, 1.54) is 0 Å². The van der Waals surface area contributed by atoms with Gasteiger partial charge in [0.1, 0.15) is 5.54 Å². The number of nitrogens with two attached hydrogens (primary N) is 1. The van der Waals surface area contributed by atoms with Gasteiger partial charge in [0.2, 0.25) is 5.91 Å². The van der Waals surface area contributed by atoms with Gasteiger partial charge in [0.25, 0.3) is 0 Å². The normalized spacial score (nSPS) is 26.2. The van der Waals surface area contributed by atoms with Crippen LogP contribution in [0.15, 0.2) is 0 Å². The highest BCUT2D eigenvalue weighted by Gasteiger charge is 2.35. The predicted molar refractivity (Wildman–Crippen MR) is 74.4 cm³/mol. The van der Waals surface area contributed by atoms with Crippen molar-refractivity contribution in [1.82, 2.24) is 15.1 Å². The Morgan fingerprint density at radius 2 is 2.11 bits per heavy atom. The largest absolute Gasteiger partial charge is 0.368 e. The molecular formula is C13H28N4O. The zero-order chi connectivity index (χ0) is 13.9. The maximum Gasteiger partial charge on any atom is 0.238 e. The first-order valence-corrected chi connectivity index (χ1v) is 6.75. The van der Waals surface area contributed by atoms with Gasteiger partial charge >= 0.3 is 0 Å². The van der Waals surface area contributed by atoms with Gasteiger partial charge in [-0.15, -0.1) is 0 Å². The molecule has 2 atom stereocenters. The molecule has 0 aliphatic carbocycles. The van der Waals surface area contributed by atoms with Crippen LogP contribution in [-0.2, 0) is 4.79 Å². The SMILES string of the molecule is CC(C)NC(C)(CN1CCN(C)C(C)C1)C(N)=O. The molecule has 0 radical (unpaired) electrons. The number of nitrogens with one attached hydrogen (secondary N) is 1. The summed E-state index contributed by atoms with van der Waals surface area (Å²) >= 11 is 0. The molecule has 5 heteroatoms. The van der Waals surface area contributed by atoms with E-state index in [1.807, 2.05) is 20.8 Å². The second-order valence-electron chi connectivity index (χ2n) is 6.06. The number of carbonyl (C=O) groups is 1. The molecule has 1 amide bonds. The molecule has 3 N–H and O–H groups in total. The lowest BCUT2D eigenvalue weighted by Crippen LogP contribution is -2.63. The summed E-state index contributed by atoms with van der Waals surface area (Å²) < 4.78 is 0. The van der Waals surface area contributed by atoms with Crippen molar-refractivity contribution < 1.29 is 4.79 Å². The Balaban J connectivity index is 2.64. The number of piperazine rings is 1. The monoisotopic (exact) mass is 256 g/mol. The Labute approximate surface area is 111 Å². The summed E-state index contributed by atoms with van der Waals surface area (Å²) in [4.78, 5) is 16.4. The quantitative estimate of drug-likeness (QED) is 0.719. The van der Waals surface area contributed by atoms with Crippen LogP contribution in [0.25, 0.3) is 0 Å². The minimum Gasteiger partial charge on any atom is -0.368 e. The van der Waals surface area contributed by atoms with Gasteiger partial charge in [-0.2, -0.15) is 0 Å². The molecule has 1 rings (SSSR count). The number of amides is 1. The second kappa shape index (κ2) is 5.99. The first-order chi connectivity index (χ1) is 8.24. The van der Waals surface area contributed by atoms with E-state index in [-0.39, 0.29) is 11.9 Å². The van der Waals surface area contributed by atoms with Crippen LogP contribution in [0.5, 0.6) is 0 Å². The fraction of sp³-hybridized carbons (Fsp3) is 0.923. The number of hydrogen-bond donors (Lipinski definition) is 2. The Bertz CT molecular complexity index is 295. The van der Waals surface area contributed by atoms with Gasteiger partial charge in [-0.25, -0.2) is 0 Å². The smallest absolute Gasteiger partial charge is 0.238 e. The van der Waals surface area contributed by atoms with Crippen molar-refractivity contribution in [2.24, 2.45) is 5.73 Å². The van der Waals surface area contributed by atoms with Crippen LogP contribution in [0.1, 0.15) is 27.7 Å². The molecule has 2 unspecified atom stereocenters. The first-order valence-electron chi connectivity index (χ1n) is 6.75. The lowest BCUT2D eigenvalue weighted by atomic mass is 9.98. The highest BCUT2D eigenvalue weighted by Crippen LogP contribution is 2.13. The number of carbonyl (C=O) groups excluding carboxylic acids is 1. The van der Waals surface area contributed by atoms with Gasteiger partial charge in [-0.3, -0.25) is 9.69 Å². The number of rotatable bonds is 5. The zero-order valence-electron chi connectivity index (χ0n) is 12.4. The van der Waals surface area contributed by atoms with Crippen molar-refractivity contribution in [2.45, 2.75) is 45.3 Å². The van der Waals surface area contributed by atoms with E-state index >= 15 is 0 Å². The van der Waals surface area contributed by atoms with Crippen LogP contribution in [0.3, 0.4) is 0 Å². The molecule has 0 aromatic rings. The van der Waals surface area contributed by atoms with Gasteiger partial charge < -0.3 is 16.0 Å². The van der Waals surface area contributed by atoms with Crippen LogP contribution < -0.4 is 11.1 Å². The topological polar surface area (TPSA) is 61.6 Å². The second-order valence-corrected chi connectivity index (χ2v) is 6.06. The van der Waals surface area contributed by atoms with Crippen LogP contribution in [0.2, 0.25) is 0 Å². The Morgan fingerprint density at radius 3 is 2.56 bits per heavy atom. The number of nitrogens with zero attached hydrogens (tertiary/aromatic N) is 2. The highest BCUT2D eigenvalue weighted by molar-refractivity contribution is 5.84. The van der Waals surface area contributed by atoms with Crippen molar-refractivity contribution >= 4 is 5.91 Å². The fourth-order valence-corrected chi connectivity index (χ4v) is 2.55. The molecule has 1 fully saturated rings. The predicted octanol–water partition coefficient (Wildman–Crippen LogP) is -0.136. The van der Waals surface area contributed by atoms with Crippen molar-refractivity contribution in [2.75, 3.05) is 33.2 Å². The summed E-state index contributed by atoms with van der Waals surface area (Å²) in [6, 6.07) is 0.766. The minimum atomic E-state index is -0.649. The standard InChI is InChI=1S/C13H28N4O/c1-10(2)15-13(4,12(14)18)9-17-7-6-16(5)11(3)8-17/h10-11,15H,6-9H2,1-5H3,(H2,14,18). The summed E-state index contributed by atoms with van der Waals surface area (Å²) in [7, 11) is 2.14. The van der Waals surface area contributed by atoms with E-state index in [0.717, 1.165) is 19.6 Å². The molecule has 1 aliphatic heterocycles. The minimum absolute atomic E-state index is 0.243. The fourth-order valence-electron chi connectivity index (χ4n) is 2.55. The number of hydrogen-bond acceptors (Lipinski definition) is 4. The molecule has 0 aromatic heterocycles. The first kappa shape index (κ1) is 15.4. The van der Waals surface area contributed by atoms with E-state index in [1.54, 1.807) is 0 Å². The molecule has 18 heavy (non-hydrogen) atoms.